The van der Waals surface area contributed by atoms with Crippen molar-refractivity contribution in [1.82, 2.24) is 4.98 Å². The zero-order valence-corrected chi connectivity index (χ0v) is 11.3. The Morgan fingerprint density at radius 2 is 2.26 bits per heavy atom. The van der Waals surface area contributed by atoms with E-state index in [1.807, 2.05) is 0 Å². The van der Waals surface area contributed by atoms with Crippen molar-refractivity contribution < 1.29 is 18.7 Å². The molecule has 2 unspecified atom stereocenters. The largest absolute Gasteiger partial charge is 0.461 e. The van der Waals surface area contributed by atoms with Gasteiger partial charge in [0.15, 0.2) is 5.69 Å². The lowest BCUT2D eigenvalue weighted by Crippen LogP contribution is -2.21. The van der Waals surface area contributed by atoms with E-state index in [1.165, 1.54) is 6.26 Å². The van der Waals surface area contributed by atoms with Crippen LogP contribution in [-0.2, 0) is 4.74 Å². The number of allylic oxidation sites excluding steroid dienone is 2. The average molecular weight is 265 g/mol. The summed E-state index contributed by atoms with van der Waals surface area (Å²) >= 11 is 0. The molecule has 0 aliphatic heterocycles. The highest BCUT2D eigenvalue weighted by atomic mass is 16.6. The molecular formula is C14H19NO4. The van der Waals surface area contributed by atoms with E-state index in [4.69, 9.17) is 13.9 Å². The van der Waals surface area contributed by atoms with Crippen LogP contribution in [0, 0.1) is 11.8 Å². The first-order chi connectivity index (χ1) is 9.20. The number of oxazole rings is 1. The summed E-state index contributed by atoms with van der Waals surface area (Å²) < 4.78 is 15.4. The number of nitrogens with zero attached hydrogens (tertiary/aromatic N) is 1. The second kappa shape index (κ2) is 6.41. The average Bonchev–Trinajstić information content (AvgIpc) is 2.87. The molecule has 0 aromatic carbocycles. The van der Waals surface area contributed by atoms with Crippen LogP contribution in [0.3, 0.4) is 0 Å². The zero-order valence-electron chi connectivity index (χ0n) is 11.3. The lowest BCUT2D eigenvalue weighted by atomic mass is 9.85. The molecule has 0 radical (unpaired) electrons. The van der Waals surface area contributed by atoms with E-state index in [0.717, 1.165) is 12.8 Å². The minimum Gasteiger partial charge on any atom is -0.461 e. The van der Waals surface area contributed by atoms with E-state index < -0.39 is 5.97 Å². The van der Waals surface area contributed by atoms with E-state index >= 15 is 0 Å². The Labute approximate surface area is 112 Å². The van der Waals surface area contributed by atoms with Gasteiger partial charge in [-0.2, -0.15) is 4.98 Å². The highest BCUT2D eigenvalue weighted by molar-refractivity contribution is 5.86. The molecule has 0 amide bonds. The predicted octanol–water partition coefficient (Wildman–Crippen LogP) is 2.83. The molecule has 2 atom stereocenters. The molecule has 0 spiro atoms. The van der Waals surface area contributed by atoms with Crippen LogP contribution in [0.5, 0.6) is 6.08 Å². The monoisotopic (exact) mass is 265 g/mol. The summed E-state index contributed by atoms with van der Waals surface area (Å²) in [7, 11) is 0. The van der Waals surface area contributed by atoms with Crippen molar-refractivity contribution in [3.63, 3.8) is 0 Å². The second-order valence-electron chi connectivity index (χ2n) is 4.71. The molecule has 0 saturated heterocycles. The van der Waals surface area contributed by atoms with Gasteiger partial charge in [-0.25, -0.2) is 4.79 Å². The number of hydrogen-bond donors (Lipinski definition) is 0. The summed E-state index contributed by atoms with van der Waals surface area (Å²) in [5, 5.41) is 0. The summed E-state index contributed by atoms with van der Waals surface area (Å²) in [6.07, 6.45) is 7.85. The van der Waals surface area contributed by atoms with Crippen molar-refractivity contribution in [2.24, 2.45) is 11.8 Å². The molecule has 2 rings (SSSR count). The van der Waals surface area contributed by atoms with Crippen LogP contribution in [0.2, 0.25) is 0 Å². The van der Waals surface area contributed by atoms with Gasteiger partial charge in [-0.1, -0.05) is 19.1 Å². The van der Waals surface area contributed by atoms with Crippen molar-refractivity contribution >= 4 is 5.97 Å². The third-order valence-electron chi connectivity index (χ3n) is 3.31. The topological polar surface area (TPSA) is 61.6 Å². The fourth-order valence-electron chi connectivity index (χ4n) is 2.04. The minimum atomic E-state index is -0.491. The van der Waals surface area contributed by atoms with Gasteiger partial charge >= 0.3 is 12.0 Å². The number of carbonyl (C=O) groups is 1. The normalized spacial score (nSPS) is 22.2. The highest BCUT2D eigenvalue weighted by Crippen LogP contribution is 2.25. The van der Waals surface area contributed by atoms with Crippen molar-refractivity contribution in [3.8, 4) is 6.08 Å². The molecule has 1 aromatic heterocycles. The number of ether oxygens (including phenoxy) is 2. The lowest BCUT2D eigenvalue weighted by Gasteiger charge is -2.24. The predicted molar refractivity (Wildman–Crippen MR) is 69.0 cm³/mol. The van der Waals surface area contributed by atoms with E-state index in [0.29, 0.717) is 25.0 Å². The standard InChI is InChI=1S/C14H19NO4/c1-3-17-13(16)12-9-19-14(15-12)18-8-11-7-5-4-6-10(11)2/h4-5,9-11H,3,6-8H2,1-2H3. The summed E-state index contributed by atoms with van der Waals surface area (Å²) in [5.41, 5.74) is 0.147. The highest BCUT2D eigenvalue weighted by Gasteiger charge is 2.20. The molecule has 1 heterocycles. The maximum Gasteiger partial charge on any atom is 0.394 e. The van der Waals surface area contributed by atoms with Gasteiger partial charge in [0, 0.05) is 0 Å². The Morgan fingerprint density at radius 3 is 3.00 bits per heavy atom. The number of esters is 1. The van der Waals surface area contributed by atoms with Gasteiger partial charge in [0.1, 0.15) is 6.26 Å². The van der Waals surface area contributed by atoms with Gasteiger partial charge in [-0.3, -0.25) is 0 Å². The fraction of sp³-hybridized carbons (Fsp3) is 0.571. The Hall–Kier alpha value is -1.78. The summed E-state index contributed by atoms with van der Waals surface area (Å²) in [5.74, 6) is 0.558. The SMILES string of the molecule is CCOC(=O)c1coc(OCC2CC=CCC2C)n1. The van der Waals surface area contributed by atoms with Crippen LogP contribution >= 0.6 is 0 Å². The van der Waals surface area contributed by atoms with E-state index in [-0.39, 0.29) is 11.8 Å². The van der Waals surface area contributed by atoms with Gasteiger partial charge in [0.25, 0.3) is 0 Å². The Balaban J connectivity index is 1.86. The summed E-state index contributed by atoms with van der Waals surface area (Å²) in [6, 6.07) is 0. The fourth-order valence-corrected chi connectivity index (χ4v) is 2.04. The third kappa shape index (κ3) is 3.59. The third-order valence-corrected chi connectivity index (χ3v) is 3.31. The Bertz CT molecular complexity index is 452. The van der Waals surface area contributed by atoms with Crippen molar-refractivity contribution in [1.29, 1.82) is 0 Å². The van der Waals surface area contributed by atoms with E-state index in [9.17, 15) is 4.79 Å². The Kier molecular flexibility index (Phi) is 4.60. The molecule has 5 heteroatoms. The quantitative estimate of drug-likeness (QED) is 0.605. The number of rotatable bonds is 5. The van der Waals surface area contributed by atoms with Gasteiger partial charge in [0.2, 0.25) is 0 Å². The van der Waals surface area contributed by atoms with Crippen molar-refractivity contribution in [2.75, 3.05) is 13.2 Å². The van der Waals surface area contributed by atoms with Crippen LogP contribution in [0.4, 0.5) is 0 Å². The zero-order chi connectivity index (χ0) is 13.7. The van der Waals surface area contributed by atoms with Crippen LogP contribution in [-0.4, -0.2) is 24.2 Å². The first kappa shape index (κ1) is 13.6. The molecule has 1 aliphatic rings. The van der Waals surface area contributed by atoms with Gasteiger partial charge < -0.3 is 13.9 Å². The maximum atomic E-state index is 11.4. The summed E-state index contributed by atoms with van der Waals surface area (Å²) in [4.78, 5) is 15.4. The molecule has 0 N–H and O–H groups in total. The molecule has 1 aliphatic carbocycles. The lowest BCUT2D eigenvalue weighted by molar-refractivity contribution is 0.0519. The van der Waals surface area contributed by atoms with Crippen LogP contribution in [0.1, 0.15) is 37.2 Å². The van der Waals surface area contributed by atoms with E-state index in [1.54, 1.807) is 6.92 Å². The number of aromatic nitrogens is 1. The molecular weight excluding hydrogens is 246 g/mol. The van der Waals surface area contributed by atoms with Gasteiger partial charge in [-0.05, 0) is 31.6 Å². The first-order valence-corrected chi connectivity index (χ1v) is 6.61. The van der Waals surface area contributed by atoms with Crippen molar-refractivity contribution in [3.05, 3.63) is 24.1 Å². The first-order valence-electron chi connectivity index (χ1n) is 6.61. The molecule has 104 valence electrons. The van der Waals surface area contributed by atoms with Crippen molar-refractivity contribution in [2.45, 2.75) is 26.7 Å². The molecule has 19 heavy (non-hydrogen) atoms. The van der Waals surface area contributed by atoms with Crippen LogP contribution in [0.25, 0.3) is 0 Å². The molecule has 0 bridgehead atoms. The molecule has 1 aromatic rings. The number of carbonyl (C=O) groups excluding carboxylic acids is 1. The second-order valence-corrected chi connectivity index (χ2v) is 4.71. The van der Waals surface area contributed by atoms with Gasteiger partial charge in [0.05, 0.1) is 13.2 Å². The Morgan fingerprint density at radius 1 is 1.47 bits per heavy atom. The minimum absolute atomic E-state index is 0.129. The molecule has 0 fully saturated rings. The molecule has 0 saturated carbocycles. The smallest absolute Gasteiger partial charge is 0.394 e. The summed E-state index contributed by atoms with van der Waals surface area (Å²) in [6.45, 7) is 4.81. The van der Waals surface area contributed by atoms with E-state index in [2.05, 4.69) is 24.1 Å². The van der Waals surface area contributed by atoms with Crippen LogP contribution < -0.4 is 4.74 Å². The molecule has 5 nitrogen and oxygen atoms in total. The number of hydrogen-bond acceptors (Lipinski definition) is 5. The van der Waals surface area contributed by atoms with Crippen LogP contribution in [0.15, 0.2) is 22.8 Å². The van der Waals surface area contributed by atoms with Gasteiger partial charge in [-0.15, -0.1) is 0 Å². The maximum absolute atomic E-state index is 11.4.